The fourth-order valence-electron chi connectivity index (χ4n) is 1.75. The zero-order valence-corrected chi connectivity index (χ0v) is 10.1. The van der Waals surface area contributed by atoms with Crippen LogP contribution in [-0.2, 0) is 9.53 Å². The van der Waals surface area contributed by atoms with Gasteiger partial charge in [0.1, 0.15) is 17.8 Å². The first-order valence-corrected chi connectivity index (χ1v) is 5.36. The quantitative estimate of drug-likeness (QED) is 0.692. The molecule has 1 aliphatic rings. The Labute approximate surface area is 94.7 Å². The summed E-state index contributed by atoms with van der Waals surface area (Å²) in [6.07, 6.45) is -1.69. The van der Waals surface area contributed by atoms with Crippen LogP contribution < -0.4 is 0 Å². The molecule has 2 atom stereocenters. The van der Waals surface area contributed by atoms with E-state index in [1.807, 2.05) is 0 Å². The maximum Gasteiger partial charge on any atom is 0.411 e. The molecule has 0 radical (unpaired) electrons. The monoisotopic (exact) mass is 231 g/mol. The van der Waals surface area contributed by atoms with Crippen molar-refractivity contribution in [3.05, 3.63) is 0 Å². The average molecular weight is 231 g/mol. The molecule has 5 heteroatoms. The molecule has 1 aliphatic heterocycles. The van der Waals surface area contributed by atoms with Gasteiger partial charge in [-0.1, -0.05) is 0 Å². The number of ether oxygens (including phenoxy) is 1. The Hall–Kier alpha value is -1.13. The molecule has 0 bridgehead atoms. The van der Waals surface area contributed by atoms with E-state index >= 15 is 0 Å². The van der Waals surface area contributed by atoms with E-state index in [0.29, 0.717) is 0 Å². The fourth-order valence-corrected chi connectivity index (χ4v) is 1.75. The third-order valence-electron chi connectivity index (χ3n) is 2.37. The summed E-state index contributed by atoms with van der Waals surface area (Å²) in [5.41, 5.74) is -0.632. The van der Waals surface area contributed by atoms with Crippen molar-refractivity contribution in [2.24, 2.45) is 0 Å². The first-order valence-electron chi connectivity index (χ1n) is 5.36. The zero-order chi connectivity index (χ0) is 12.5. The van der Waals surface area contributed by atoms with E-state index in [-0.39, 0.29) is 18.7 Å². The van der Waals surface area contributed by atoms with Crippen molar-refractivity contribution in [2.75, 3.05) is 6.54 Å². The SMILES string of the molecule is CC(=O)[C@@H]1[C@@H](F)CCN1C(=O)OC(C)(C)C. The highest BCUT2D eigenvalue weighted by Gasteiger charge is 2.41. The number of rotatable bonds is 1. The maximum atomic E-state index is 13.4. The summed E-state index contributed by atoms with van der Waals surface area (Å²) in [6.45, 7) is 6.73. The van der Waals surface area contributed by atoms with E-state index in [2.05, 4.69) is 0 Å². The molecule has 0 aromatic rings. The number of hydrogen-bond acceptors (Lipinski definition) is 3. The second-order valence-corrected chi connectivity index (χ2v) is 5.03. The Morgan fingerprint density at radius 3 is 2.38 bits per heavy atom. The third-order valence-corrected chi connectivity index (χ3v) is 2.37. The second kappa shape index (κ2) is 4.39. The zero-order valence-electron chi connectivity index (χ0n) is 10.1. The molecule has 1 rings (SSSR count). The summed E-state index contributed by atoms with van der Waals surface area (Å²) >= 11 is 0. The molecule has 0 spiro atoms. The van der Waals surface area contributed by atoms with Crippen LogP contribution >= 0.6 is 0 Å². The molecular formula is C11H18FNO3. The molecule has 16 heavy (non-hydrogen) atoms. The van der Waals surface area contributed by atoms with Crippen LogP contribution in [0.25, 0.3) is 0 Å². The molecule has 0 aromatic carbocycles. The van der Waals surface area contributed by atoms with Crippen LogP contribution in [0.5, 0.6) is 0 Å². The molecular weight excluding hydrogens is 213 g/mol. The molecule has 1 saturated heterocycles. The summed E-state index contributed by atoms with van der Waals surface area (Å²) in [7, 11) is 0. The third kappa shape index (κ3) is 2.93. The first-order chi connectivity index (χ1) is 7.22. The number of nitrogens with zero attached hydrogens (tertiary/aromatic N) is 1. The summed E-state index contributed by atoms with van der Waals surface area (Å²) in [5, 5.41) is 0. The number of amides is 1. The van der Waals surface area contributed by atoms with Gasteiger partial charge in [0.15, 0.2) is 5.78 Å². The highest BCUT2D eigenvalue weighted by Crippen LogP contribution is 2.24. The van der Waals surface area contributed by atoms with Gasteiger partial charge in [-0.05, 0) is 34.1 Å². The fraction of sp³-hybridized carbons (Fsp3) is 0.818. The number of likely N-dealkylation sites (tertiary alicyclic amines) is 1. The van der Waals surface area contributed by atoms with E-state index < -0.39 is 23.9 Å². The predicted molar refractivity (Wildman–Crippen MR) is 56.9 cm³/mol. The van der Waals surface area contributed by atoms with Gasteiger partial charge in [0.25, 0.3) is 0 Å². The van der Waals surface area contributed by atoms with Crippen molar-refractivity contribution >= 4 is 11.9 Å². The molecule has 1 fully saturated rings. The van der Waals surface area contributed by atoms with Gasteiger partial charge < -0.3 is 4.74 Å². The summed E-state index contributed by atoms with van der Waals surface area (Å²) in [4.78, 5) is 24.1. The molecule has 92 valence electrons. The number of Topliss-reactive ketones (excluding diaryl/α,β-unsaturated/α-hetero) is 1. The maximum absolute atomic E-state index is 13.4. The highest BCUT2D eigenvalue weighted by molar-refractivity contribution is 5.86. The van der Waals surface area contributed by atoms with Gasteiger partial charge in [-0.3, -0.25) is 9.69 Å². The summed E-state index contributed by atoms with van der Waals surface area (Å²) in [5.74, 6) is -0.337. The topological polar surface area (TPSA) is 46.6 Å². The lowest BCUT2D eigenvalue weighted by Crippen LogP contribution is -2.45. The lowest BCUT2D eigenvalue weighted by molar-refractivity contribution is -0.122. The van der Waals surface area contributed by atoms with Crippen LogP contribution in [0.2, 0.25) is 0 Å². The number of carbonyl (C=O) groups excluding carboxylic acids is 2. The molecule has 0 aromatic heterocycles. The molecule has 0 saturated carbocycles. The first kappa shape index (κ1) is 12.9. The largest absolute Gasteiger partial charge is 0.444 e. The van der Waals surface area contributed by atoms with Gasteiger partial charge in [0.05, 0.1) is 0 Å². The van der Waals surface area contributed by atoms with Crippen LogP contribution in [0.3, 0.4) is 0 Å². The van der Waals surface area contributed by atoms with Crippen molar-refractivity contribution < 1.29 is 18.7 Å². The Kier molecular flexibility index (Phi) is 3.55. The average Bonchev–Trinajstić information content (AvgIpc) is 2.43. The minimum absolute atomic E-state index is 0.198. The van der Waals surface area contributed by atoms with Gasteiger partial charge in [0.2, 0.25) is 0 Å². The molecule has 1 heterocycles. The predicted octanol–water partition coefficient (Wildman–Crippen LogP) is 1.92. The Bertz CT molecular complexity index is 298. The number of halogens is 1. The molecule has 0 aliphatic carbocycles. The second-order valence-electron chi connectivity index (χ2n) is 5.03. The van der Waals surface area contributed by atoms with Crippen LogP contribution in [-0.4, -0.2) is 41.1 Å². The number of ketones is 1. The molecule has 1 amide bonds. The van der Waals surface area contributed by atoms with E-state index in [9.17, 15) is 14.0 Å². The number of carbonyl (C=O) groups is 2. The Morgan fingerprint density at radius 2 is 1.94 bits per heavy atom. The number of hydrogen-bond donors (Lipinski definition) is 0. The van der Waals surface area contributed by atoms with E-state index in [0.717, 1.165) is 0 Å². The van der Waals surface area contributed by atoms with Crippen LogP contribution in [0, 0.1) is 0 Å². The van der Waals surface area contributed by atoms with Crippen molar-refractivity contribution in [1.82, 2.24) is 4.90 Å². The van der Waals surface area contributed by atoms with Gasteiger partial charge in [-0.15, -0.1) is 0 Å². The van der Waals surface area contributed by atoms with Gasteiger partial charge in [-0.25, -0.2) is 9.18 Å². The van der Waals surface area contributed by atoms with E-state index in [1.54, 1.807) is 20.8 Å². The summed E-state index contributed by atoms with van der Waals surface area (Å²) in [6, 6.07) is -0.977. The Balaban J connectivity index is 2.73. The molecule has 0 unspecified atom stereocenters. The molecule has 0 N–H and O–H groups in total. The van der Waals surface area contributed by atoms with E-state index in [4.69, 9.17) is 4.74 Å². The van der Waals surface area contributed by atoms with Gasteiger partial charge >= 0.3 is 6.09 Å². The normalized spacial score (nSPS) is 25.7. The van der Waals surface area contributed by atoms with Crippen molar-refractivity contribution in [3.63, 3.8) is 0 Å². The lowest BCUT2D eigenvalue weighted by Gasteiger charge is -2.27. The van der Waals surface area contributed by atoms with Crippen LogP contribution in [0.15, 0.2) is 0 Å². The van der Waals surface area contributed by atoms with Crippen molar-refractivity contribution in [3.8, 4) is 0 Å². The van der Waals surface area contributed by atoms with Crippen molar-refractivity contribution in [2.45, 2.75) is 51.9 Å². The Morgan fingerprint density at radius 1 is 1.38 bits per heavy atom. The van der Waals surface area contributed by atoms with Crippen LogP contribution in [0.1, 0.15) is 34.1 Å². The van der Waals surface area contributed by atoms with Gasteiger partial charge in [-0.2, -0.15) is 0 Å². The molecule has 4 nitrogen and oxygen atoms in total. The lowest BCUT2D eigenvalue weighted by atomic mass is 10.1. The van der Waals surface area contributed by atoms with Crippen LogP contribution in [0.4, 0.5) is 9.18 Å². The summed E-state index contributed by atoms with van der Waals surface area (Å²) < 4.78 is 18.5. The number of alkyl halides is 1. The van der Waals surface area contributed by atoms with E-state index in [1.165, 1.54) is 11.8 Å². The van der Waals surface area contributed by atoms with Crippen molar-refractivity contribution in [1.29, 1.82) is 0 Å². The standard InChI is InChI=1S/C11H18FNO3/c1-7(14)9-8(12)5-6-13(9)10(15)16-11(2,3)4/h8-9H,5-6H2,1-4H3/t8-,9+/m0/s1. The van der Waals surface area contributed by atoms with Gasteiger partial charge in [0, 0.05) is 6.54 Å². The highest BCUT2D eigenvalue weighted by atomic mass is 19.1. The minimum Gasteiger partial charge on any atom is -0.444 e. The minimum atomic E-state index is -1.27. The smallest absolute Gasteiger partial charge is 0.411 e.